The van der Waals surface area contributed by atoms with Crippen molar-refractivity contribution < 1.29 is 34.4 Å². The molecule has 0 spiro atoms. The highest BCUT2D eigenvalue weighted by Gasteiger charge is 2.40. The summed E-state index contributed by atoms with van der Waals surface area (Å²) in [7, 11) is -11.0. The number of rotatable bonds is 5. The van der Waals surface area contributed by atoms with Crippen molar-refractivity contribution in [2.45, 2.75) is 5.25 Å². The van der Waals surface area contributed by atoms with E-state index in [1.807, 2.05) is 0 Å². The summed E-state index contributed by atoms with van der Waals surface area (Å²) >= 11 is 0. The van der Waals surface area contributed by atoms with Crippen molar-refractivity contribution in [3.05, 3.63) is 4.13 Å². The average molecular weight is 258 g/mol. The van der Waals surface area contributed by atoms with Crippen LogP contribution in [0.2, 0.25) is 0 Å². The third kappa shape index (κ3) is 3.06. The Morgan fingerprint density at radius 1 is 1.07 bits per heavy atom. The molecular formula is C3H4F4NO4S2-. The van der Waals surface area contributed by atoms with Gasteiger partial charge in [0.2, 0.25) is 0 Å². The lowest BCUT2D eigenvalue weighted by molar-refractivity contribution is 0.0633. The van der Waals surface area contributed by atoms with Gasteiger partial charge >= 0.3 is 5.25 Å². The van der Waals surface area contributed by atoms with Crippen LogP contribution in [0.25, 0.3) is 4.13 Å². The zero-order valence-corrected chi connectivity index (χ0v) is 7.96. The molecule has 0 rings (SSSR count). The smallest absolute Gasteiger partial charge is 0.357 e. The van der Waals surface area contributed by atoms with E-state index in [2.05, 4.69) is 0 Å². The van der Waals surface area contributed by atoms with Crippen molar-refractivity contribution >= 4 is 20.0 Å². The zero-order valence-electron chi connectivity index (χ0n) is 6.32. The van der Waals surface area contributed by atoms with E-state index in [1.165, 1.54) is 0 Å². The molecule has 5 nitrogen and oxygen atoms in total. The van der Waals surface area contributed by atoms with Crippen LogP contribution in [-0.2, 0) is 20.0 Å². The molecule has 0 bridgehead atoms. The second kappa shape index (κ2) is 3.98. The van der Waals surface area contributed by atoms with Crippen LogP contribution in [0.4, 0.5) is 17.6 Å². The van der Waals surface area contributed by atoms with Crippen molar-refractivity contribution in [3.8, 4) is 0 Å². The summed E-state index contributed by atoms with van der Waals surface area (Å²) in [4.78, 5) is 0. The second-order valence-corrected chi connectivity index (χ2v) is 5.54. The van der Waals surface area contributed by atoms with Crippen LogP contribution >= 0.6 is 0 Å². The lowest BCUT2D eigenvalue weighted by atomic mass is 10.8. The van der Waals surface area contributed by atoms with E-state index < -0.39 is 38.0 Å². The van der Waals surface area contributed by atoms with E-state index in [0.29, 0.717) is 0 Å². The molecule has 0 aromatic heterocycles. The minimum absolute atomic E-state index is 1.58. The first-order valence-corrected chi connectivity index (χ1v) is 5.84. The summed E-state index contributed by atoms with van der Waals surface area (Å²) in [5, 5.41) is -4.96. The fourth-order valence-electron chi connectivity index (χ4n) is 0.293. The Kier molecular flexibility index (Phi) is 3.86. The van der Waals surface area contributed by atoms with Crippen LogP contribution < -0.4 is 0 Å². The summed E-state index contributed by atoms with van der Waals surface area (Å²) in [6.07, 6.45) is 0. The molecule has 0 radical (unpaired) electrons. The van der Waals surface area contributed by atoms with Gasteiger partial charge in [0.05, 0.1) is 0 Å². The molecule has 0 heterocycles. The molecule has 0 fully saturated rings. The fraction of sp³-hybridized carbons (Fsp3) is 1.00. The molecule has 0 aliphatic rings. The predicted octanol–water partition coefficient (Wildman–Crippen LogP) is 0.509. The molecular weight excluding hydrogens is 254 g/mol. The number of halogens is 4. The first-order valence-electron chi connectivity index (χ1n) is 2.79. The van der Waals surface area contributed by atoms with Crippen molar-refractivity contribution in [3.63, 3.8) is 0 Å². The Morgan fingerprint density at radius 3 is 1.79 bits per heavy atom. The zero-order chi connectivity index (χ0) is 11.6. The first kappa shape index (κ1) is 13.6. The predicted molar refractivity (Wildman–Crippen MR) is 38.1 cm³/mol. The van der Waals surface area contributed by atoms with Crippen LogP contribution in [0, 0.1) is 0 Å². The Balaban J connectivity index is 5.05. The minimum Gasteiger partial charge on any atom is -0.429 e. The quantitative estimate of drug-likeness (QED) is 0.672. The van der Waals surface area contributed by atoms with Crippen LogP contribution in [0.5, 0.6) is 0 Å². The molecule has 14 heavy (non-hydrogen) atoms. The van der Waals surface area contributed by atoms with Gasteiger partial charge < -0.3 is 4.13 Å². The summed E-state index contributed by atoms with van der Waals surface area (Å²) in [5.74, 6) is 0. The maximum Gasteiger partial charge on any atom is 0.357 e. The van der Waals surface area contributed by atoms with Gasteiger partial charge in [-0.3, -0.25) is 0 Å². The molecule has 0 N–H and O–H groups in total. The second-order valence-electron chi connectivity index (χ2n) is 2.01. The number of sulfonamides is 2. The van der Waals surface area contributed by atoms with E-state index in [1.54, 1.807) is 4.13 Å². The van der Waals surface area contributed by atoms with Gasteiger partial charge in [0.1, 0.15) is 10.0 Å². The van der Waals surface area contributed by atoms with E-state index in [-0.39, 0.29) is 0 Å². The van der Waals surface area contributed by atoms with Gasteiger partial charge in [0.15, 0.2) is 22.7 Å². The third-order valence-electron chi connectivity index (χ3n) is 0.883. The van der Waals surface area contributed by atoms with Gasteiger partial charge in [-0.25, -0.2) is 25.6 Å². The number of hydrogen-bond acceptors (Lipinski definition) is 4. The molecule has 0 saturated heterocycles. The molecule has 0 amide bonds. The van der Waals surface area contributed by atoms with Crippen molar-refractivity contribution in [1.29, 1.82) is 0 Å². The van der Waals surface area contributed by atoms with Gasteiger partial charge in [-0.2, -0.15) is 8.78 Å². The number of nitrogens with zero attached hydrogens (tertiary/aromatic N) is 1. The Bertz CT molecular complexity index is 387. The van der Waals surface area contributed by atoms with Gasteiger partial charge in [-0.15, -0.1) is 0 Å². The SMILES string of the molecule is O=S(=O)(CF)[N-]S(=O)(=O)C(F)(F)CF. The standard InChI is InChI=1S/C3H4F4NO4S2/c4-1-3(6,7)14(11,12)8-13(9,10)2-5/h1-2H2/q-1. The summed E-state index contributed by atoms with van der Waals surface area (Å²) < 4.78 is 90.0. The first-order chi connectivity index (χ1) is 6.08. The third-order valence-corrected chi connectivity index (χ3v) is 3.72. The van der Waals surface area contributed by atoms with Gasteiger partial charge in [0.25, 0.3) is 0 Å². The van der Waals surface area contributed by atoms with Crippen molar-refractivity contribution in [1.82, 2.24) is 0 Å². The maximum atomic E-state index is 12.2. The molecule has 0 aliphatic carbocycles. The summed E-state index contributed by atoms with van der Waals surface area (Å²) in [6, 6.07) is -2.26. The minimum atomic E-state index is -5.89. The van der Waals surface area contributed by atoms with Gasteiger partial charge in [0, 0.05) is 0 Å². The molecule has 0 atom stereocenters. The summed E-state index contributed by atoms with van der Waals surface area (Å²) in [5.41, 5.74) is 0. The largest absolute Gasteiger partial charge is 0.429 e. The van der Waals surface area contributed by atoms with Crippen LogP contribution in [0.3, 0.4) is 0 Å². The monoisotopic (exact) mass is 258 g/mol. The maximum absolute atomic E-state index is 12.2. The van der Waals surface area contributed by atoms with Crippen LogP contribution in [-0.4, -0.2) is 34.8 Å². The molecule has 0 unspecified atom stereocenters. The highest BCUT2D eigenvalue weighted by Crippen LogP contribution is 2.29. The van der Waals surface area contributed by atoms with Crippen LogP contribution in [0.15, 0.2) is 0 Å². The molecule has 0 aromatic carbocycles. The van der Waals surface area contributed by atoms with E-state index in [9.17, 15) is 34.4 Å². The number of alkyl halides is 4. The molecule has 11 heteroatoms. The van der Waals surface area contributed by atoms with E-state index in [0.717, 1.165) is 0 Å². The molecule has 86 valence electrons. The van der Waals surface area contributed by atoms with Crippen molar-refractivity contribution in [2.75, 3.05) is 12.7 Å². The molecule has 0 saturated carbocycles. The van der Waals surface area contributed by atoms with Gasteiger partial charge in [-0.05, 0) is 0 Å². The van der Waals surface area contributed by atoms with E-state index >= 15 is 0 Å². The van der Waals surface area contributed by atoms with Gasteiger partial charge in [-0.1, -0.05) is 0 Å². The Labute approximate surface area is 77.2 Å². The Hall–Kier alpha value is -0.420. The lowest BCUT2D eigenvalue weighted by Crippen LogP contribution is -2.31. The molecule has 0 aromatic rings. The number of hydrogen-bond donors (Lipinski definition) is 0. The molecule has 0 aliphatic heterocycles. The lowest BCUT2D eigenvalue weighted by Gasteiger charge is -2.23. The highest BCUT2D eigenvalue weighted by atomic mass is 32.3. The van der Waals surface area contributed by atoms with Crippen LogP contribution in [0.1, 0.15) is 0 Å². The van der Waals surface area contributed by atoms with E-state index in [4.69, 9.17) is 0 Å². The topological polar surface area (TPSA) is 82.4 Å². The van der Waals surface area contributed by atoms with Crippen molar-refractivity contribution in [2.24, 2.45) is 0 Å². The highest BCUT2D eigenvalue weighted by molar-refractivity contribution is 8.12. The normalized spacial score (nSPS) is 14.3. The Morgan fingerprint density at radius 2 is 1.50 bits per heavy atom. The fourth-order valence-corrected chi connectivity index (χ4v) is 2.22. The summed E-state index contributed by atoms with van der Waals surface area (Å²) in [6.45, 7) is -2.64. The average Bonchev–Trinajstić information content (AvgIpc) is 2.02.